The molecule has 3 aromatic rings. The molecule has 1 aromatic heterocycles. The van der Waals surface area contributed by atoms with Crippen molar-refractivity contribution in [3.05, 3.63) is 98.0 Å². The normalized spacial score (nSPS) is 17.7. The van der Waals surface area contributed by atoms with Gasteiger partial charge in [0.25, 0.3) is 0 Å². The first-order valence-electron chi connectivity index (χ1n) is 11.6. The van der Waals surface area contributed by atoms with Gasteiger partial charge >= 0.3 is 0 Å². The van der Waals surface area contributed by atoms with E-state index in [9.17, 15) is 0 Å². The van der Waals surface area contributed by atoms with Gasteiger partial charge in [0.1, 0.15) is 0 Å². The zero-order chi connectivity index (χ0) is 20.5. The Hall–Kier alpha value is -2.67. The number of rotatable bonds is 5. The quantitative estimate of drug-likeness (QED) is 0.571. The van der Waals surface area contributed by atoms with E-state index in [4.69, 9.17) is 0 Å². The largest absolute Gasteiger partial charge is 0.261 e. The molecule has 2 atom stereocenters. The monoisotopic (exact) mass is 393 g/mol. The number of benzene rings is 2. The molecule has 0 saturated carbocycles. The average Bonchev–Trinajstić information content (AvgIpc) is 2.80. The summed E-state index contributed by atoms with van der Waals surface area (Å²) in [5.74, 6) is 1.14. The van der Waals surface area contributed by atoms with Crippen molar-refractivity contribution in [1.29, 1.82) is 0 Å². The van der Waals surface area contributed by atoms with E-state index in [1.807, 2.05) is 0 Å². The van der Waals surface area contributed by atoms with Gasteiger partial charge in [0.2, 0.25) is 0 Å². The number of fused-ring (bicyclic) bond motifs is 4. The lowest BCUT2D eigenvalue weighted by atomic mass is 9.74. The first-order valence-corrected chi connectivity index (χ1v) is 11.6. The number of aryl methyl sites for hydroxylation is 2. The van der Waals surface area contributed by atoms with Crippen molar-refractivity contribution in [2.45, 2.75) is 58.3 Å². The summed E-state index contributed by atoms with van der Waals surface area (Å²) in [4.78, 5) is 4.51. The Morgan fingerprint density at radius 1 is 1.00 bits per heavy atom. The van der Waals surface area contributed by atoms with Crippen molar-refractivity contribution < 1.29 is 0 Å². The summed E-state index contributed by atoms with van der Waals surface area (Å²) in [6, 6.07) is 18.1. The molecule has 0 amide bonds. The van der Waals surface area contributed by atoms with Gasteiger partial charge in [-0.1, -0.05) is 68.0 Å². The second kappa shape index (κ2) is 8.22. The molecule has 0 aliphatic heterocycles. The molecule has 1 heteroatoms. The summed E-state index contributed by atoms with van der Waals surface area (Å²) in [5.41, 5.74) is 5.69. The molecule has 0 saturated heterocycles. The third-order valence-corrected chi connectivity index (χ3v) is 7.14. The van der Waals surface area contributed by atoms with Gasteiger partial charge in [-0.3, -0.25) is 4.98 Å². The fourth-order valence-electron chi connectivity index (χ4n) is 5.48. The van der Waals surface area contributed by atoms with Crippen LogP contribution in [0.1, 0.15) is 60.9 Å². The summed E-state index contributed by atoms with van der Waals surface area (Å²) < 4.78 is 0. The van der Waals surface area contributed by atoms with Crippen molar-refractivity contribution in [1.82, 2.24) is 4.98 Å². The van der Waals surface area contributed by atoms with Gasteiger partial charge in [0, 0.05) is 17.8 Å². The molecule has 0 spiro atoms. The van der Waals surface area contributed by atoms with Gasteiger partial charge in [-0.2, -0.15) is 0 Å². The van der Waals surface area contributed by atoms with E-state index in [0.717, 1.165) is 12.1 Å². The van der Waals surface area contributed by atoms with Crippen LogP contribution < -0.4 is 10.4 Å². The van der Waals surface area contributed by atoms with Crippen LogP contribution in [0.2, 0.25) is 0 Å². The summed E-state index contributed by atoms with van der Waals surface area (Å²) >= 11 is 0. The molecule has 0 radical (unpaired) electrons. The Morgan fingerprint density at radius 2 is 1.90 bits per heavy atom. The molecule has 2 unspecified atom stereocenters. The molecular weight excluding hydrogens is 362 g/mol. The topological polar surface area (TPSA) is 12.9 Å². The fourth-order valence-corrected chi connectivity index (χ4v) is 5.48. The molecular formula is C29H31N. The zero-order valence-electron chi connectivity index (χ0n) is 18.2. The van der Waals surface area contributed by atoms with Crippen molar-refractivity contribution in [3.63, 3.8) is 0 Å². The fraction of sp³-hybridized carbons (Fsp3) is 0.345. The Kier molecular flexibility index (Phi) is 5.29. The van der Waals surface area contributed by atoms with Gasteiger partial charge in [-0.05, 0) is 88.6 Å². The highest BCUT2D eigenvalue weighted by Gasteiger charge is 2.26. The molecule has 0 bridgehead atoms. The number of hydrogen-bond acceptors (Lipinski definition) is 1. The van der Waals surface area contributed by atoms with E-state index in [1.165, 1.54) is 58.5 Å². The molecule has 2 aliphatic carbocycles. The van der Waals surface area contributed by atoms with E-state index in [2.05, 4.69) is 85.7 Å². The van der Waals surface area contributed by atoms with E-state index in [1.54, 1.807) is 11.1 Å². The number of pyridine rings is 1. The van der Waals surface area contributed by atoms with Gasteiger partial charge in [0.05, 0.1) is 0 Å². The maximum Gasteiger partial charge on any atom is 0.0372 e. The van der Waals surface area contributed by atoms with Gasteiger partial charge in [-0.15, -0.1) is 0 Å². The van der Waals surface area contributed by atoms with E-state index >= 15 is 0 Å². The predicted octanol–water partition coefficient (Wildman–Crippen LogP) is 5.33. The van der Waals surface area contributed by atoms with Crippen LogP contribution in [0.25, 0.3) is 12.2 Å². The lowest BCUT2D eigenvalue weighted by Crippen LogP contribution is -2.25. The zero-order valence-corrected chi connectivity index (χ0v) is 18.2. The SMILES string of the molecule is CCC(CCc1ccc(C)nc1)C1C=c2ccccc2=c2ccc3c(c21)CCCC=3. The first kappa shape index (κ1) is 19.3. The van der Waals surface area contributed by atoms with Crippen LogP contribution in [0.15, 0.2) is 54.7 Å². The third-order valence-electron chi connectivity index (χ3n) is 7.14. The standard InChI is InChI=1S/C29H31N/c1-3-22(15-14-21-13-12-20(2)30-19-21)28-18-24-9-5-6-10-25(24)27-17-16-23-8-4-7-11-26(23)29(27)28/h5-6,8-10,12-13,16-19,22,28H,3-4,7,11,14-15H2,1-2H3. The maximum atomic E-state index is 4.51. The minimum absolute atomic E-state index is 0.500. The van der Waals surface area contributed by atoms with Crippen LogP contribution in [0.5, 0.6) is 0 Å². The highest BCUT2D eigenvalue weighted by atomic mass is 14.7. The maximum absolute atomic E-state index is 4.51. The molecule has 0 fully saturated rings. The Balaban J connectivity index is 1.61. The van der Waals surface area contributed by atoms with Crippen molar-refractivity contribution in [3.8, 4) is 0 Å². The van der Waals surface area contributed by atoms with Crippen LogP contribution in [0.4, 0.5) is 0 Å². The summed E-state index contributed by atoms with van der Waals surface area (Å²) in [6.45, 7) is 4.43. The van der Waals surface area contributed by atoms with E-state index in [0.29, 0.717) is 11.8 Å². The summed E-state index contributed by atoms with van der Waals surface area (Å²) in [5, 5.41) is 5.78. The Bertz CT molecular complexity index is 1270. The van der Waals surface area contributed by atoms with Crippen LogP contribution in [-0.2, 0) is 12.8 Å². The Morgan fingerprint density at radius 3 is 2.73 bits per heavy atom. The lowest BCUT2D eigenvalue weighted by molar-refractivity contribution is 0.436. The second-order valence-corrected chi connectivity index (χ2v) is 8.99. The second-order valence-electron chi connectivity index (χ2n) is 8.99. The summed E-state index contributed by atoms with van der Waals surface area (Å²) in [6.07, 6.45) is 14.3. The summed E-state index contributed by atoms with van der Waals surface area (Å²) in [7, 11) is 0. The number of nitrogens with zero attached hydrogens (tertiary/aromatic N) is 1. The molecule has 152 valence electrons. The molecule has 5 rings (SSSR count). The molecule has 30 heavy (non-hydrogen) atoms. The predicted molar refractivity (Wildman–Crippen MR) is 125 cm³/mol. The van der Waals surface area contributed by atoms with Crippen LogP contribution >= 0.6 is 0 Å². The van der Waals surface area contributed by atoms with Crippen molar-refractivity contribution in [2.24, 2.45) is 5.92 Å². The molecule has 2 aromatic carbocycles. The number of hydrogen-bond donors (Lipinski definition) is 0. The smallest absolute Gasteiger partial charge is 0.0372 e. The molecule has 2 aliphatic rings. The van der Waals surface area contributed by atoms with Gasteiger partial charge in [0.15, 0.2) is 0 Å². The van der Waals surface area contributed by atoms with E-state index < -0.39 is 0 Å². The lowest BCUT2D eigenvalue weighted by Gasteiger charge is -2.30. The molecule has 1 heterocycles. The highest BCUT2D eigenvalue weighted by molar-refractivity contribution is 5.52. The highest BCUT2D eigenvalue weighted by Crippen LogP contribution is 2.36. The minimum Gasteiger partial charge on any atom is -0.261 e. The first-order chi connectivity index (χ1) is 14.7. The van der Waals surface area contributed by atoms with E-state index in [-0.39, 0.29) is 0 Å². The Labute approximate surface area is 179 Å². The average molecular weight is 394 g/mol. The van der Waals surface area contributed by atoms with Crippen LogP contribution in [0.3, 0.4) is 0 Å². The van der Waals surface area contributed by atoms with Crippen LogP contribution in [-0.4, -0.2) is 4.98 Å². The van der Waals surface area contributed by atoms with Gasteiger partial charge < -0.3 is 0 Å². The van der Waals surface area contributed by atoms with Crippen molar-refractivity contribution in [2.75, 3.05) is 0 Å². The minimum atomic E-state index is 0.500. The molecule has 0 N–H and O–H groups in total. The van der Waals surface area contributed by atoms with Gasteiger partial charge in [-0.25, -0.2) is 0 Å². The molecule has 1 nitrogen and oxygen atoms in total. The van der Waals surface area contributed by atoms with Crippen LogP contribution in [0, 0.1) is 23.3 Å². The number of aromatic nitrogens is 1. The third kappa shape index (κ3) is 3.51. The van der Waals surface area contributed by atoms with Crippen molar-refractivity contribution >= 4 is 12.2 Å².